The van der Waals surface area contributed by atoms with Gasteiger partial charge in [0.1, 0.15) is 12.4 Å². The first-order valence-corrected chi connectivity index (χ1v) is 10.8. The third kappa shape index (κ3) is 4.06. The molecular weight excluding hydrogens is 366 g/mol. The Bertz CT molecular complexity index is 846. The van der Waals surface area contributed by atoms with E-state index in [4.69, 9.17) is 9.47 Å². The first kappa shape index (κ1) is 20.0. The van der Waals surface area contributed by atoms with Crippen LogP contribution in [0.15, 0.2) is 40.5 Å². The monoisotopic (exact) mass is 395 g/mol. The number of hydrogen-bond acceptors (Lipinski definition) is 5. The molecule has 5 heteroatoms. The fraction of sp³-hybridized carbons (Fsp3) is 0.542. The van der Waals surface area contributed by atoms with Crippen LogP contribution in [0.5, 0.6) is 0 Å². The zero-order valence-corrected chi connectivity index (χ0v) is 17.3. The fourth-order valence-electron chi connectivity index (χ4n) is 4.73. The molecule has 1 aromatic rings. The molecule has 3 atom stereocenters. The van der Waals surface area contributed by atoms with E-state index in [1.54, 1.807) is 0 Å². The first-order chi connectivity index (χ1) is 14.1. The maximum atomic E-state index is 13.1. The van der Waals surface area contributed by atoms with Crippen molar-refractivity contribution >= 4 is 17.5 Å². The van der Waals surface area contributed by atoms with E-state index in [1.165, 1.54) is 5.56 Å². The summed E-state index contributed by atoms with van der Waals surface area (Å²) in [6.45, 7) is 4.95. The zero-order valence-electron chi connectivity index (χ0n) is 17.3. The van der Waals surface area contributed by atoms with Crippen LogP contribution in [0.25, 0.3) is 0 Å². The maximum absolute atomic E-state index is 13.1. The van der Waals surface area contributed by atoms with Gasteiger partial charge in [-0.3, -0.25) is 9.79 Å². The number of aliphatic imine (C=N–C) groups is 1. The summed E-state index contributed by atoms with van der Waals surface area (Å²) >= 11 is 0. The van der Waals surface area contributed by atoms with Crippen LogP contribution in [0.2, 0.25) is 0 Å². The molecule has 2 heterocycles. The third-order valence-corrected chi connectivity index (χ3v) is 6.30. The van der Waals surface area contributed by atoms with Crippen LogP contribution in [0.1, 0.15) is 63.0 Å². The lowest BCUT2D eigenvalue weighted by Gasteiger charge is -2.35. The molecule has 5 nitrogen and oxygen atoms in total. The molecule has 29 heavy (non-hydrogen) atoms. The lowest BCUT2D eigenvalue weighted by Crippen LogP contribution is -2.39. The molecule has 1 saturated carbocycles. The summed E-state index contributed by atoms with van der Waals surface area (Å²) in [5.41, 5.74) is 4.33. The van der Waals surface area contributed by atoms with E-state index in [-0.39, 0.29) is 36.3 Å². The highest BCUT2D eigenvalue weighted by Gasteiger charge is 2.43. The van der Waals surface area contributed by atoms with Crippen LogP contribution >= 0.6 is 0 Å². The molecule has 0 N–H and O–H groups in total. The van der Waals surface area contributed by atoms with Crippen molar-refractivity contribution in [1.29, 1.82) is 0 Å². The number of Topliss-reactive ketones (excluding diaryl/α,β-unsaturated/α-hetero) is 1. The van der Waals surface area contributed by atoms with Gasteiger partial charge in [0.15, 0.2) is 0 Å². The number of carbonyl (C=O) groups excluding carboxylic acids is 2. The van der Waals surface area contributed by atoms with Gasteiger partial charge in [-0.1, -0.05) is 31.2 Å². The van der Waals surface area contributed by atoms with Crippen molar-refractivity contribution in [2.75, 3.05) is 13.2 Å². The predicted octanol–water partition coefficient (Wildman–Crippen LogP) is 4.15. The Balaban J connectivity index is 1.68. The molecule has 154 valence electrons. The minimum absolute atomic E-state index is 0.0268. The van der Waals surface area contributed by atoms with Gasteiger partial charge in [0.2, 0.25) is 0 Å². The average Bonchev–Trinajstić information content (AvgIpc) is 3.25. The Kier molecular flexibility index (Phi) is 5.95. The smallest absolute Gasteiger partial charge is 0.336 e. The van der Waals surface area contributed by atoms with Crippen molar-refractivity contribution in [3.05, 3.63) is 46.7 Å². The molecule has 4 rings (SSSR count). The number of esters is 1. The number of ketones is 1. The van der Waals surface area contributed by atoms with E-state index in [0.717, 1.165) is 50.0 Å². The van der Waals surface area contributed by atoms with Crippen molar-refractivity contribution < 1.29 is 19.1 Å². The summed E-state index contributed by atoms with van der Waals surface area (Å²) in [6, 6.07) is 8.27. The summed E-state index contributed by atoms with van der Waals surface area (Å²) in [4.78, 5) is 30.7. The van der Waals surface area contributed by atoms with Gasteiger partial charge in [0.25, 0.3) is 0 Å². The van der Waals surface area contributed by atoms with E-state index in [9.17, 15) is 9.59 Å². The molecule has 3 aliphatic rings. The Hall–Kier alpha value is -2.27. The van der Waals surface area contributed by atoms with Gasteiger partial charge in [-0.25, -0.2) is 4.79 Å². The Morgan fingerprint density at radius 2 is 1.97 bits per heavy atom. The van der Waals surface area contributed by atoms with Gasteiger partial charge < -0.3 is 9.47 Å². The Labute approximate surface area is 172 Å². The van der Waals surface area contributed by atoms with Crippen molar-refractivity contribution in [2.45, 2.75) is 64.4 Å². The minimum atomic E-state index is -0.372. The van der Waals surface area contributed by atoms with Gasteiger partial charge in [-0.05, 0) is 50.2 Å². The normalized spacial score (nSPS) is 26.9. The van der Waals surface area contributed by atoms with Crippen molar-refractivity contribution in [2.24, 2.45) is 10.9 Å². The molecule has 0 spiro atoms. The molecule has 2 fully saturated rings. The number of carbonyl (C=O) groups is 2. The van der Waals surface area contributed by atoms with Crippen molar-refractivity contribution in [1.82, 2.24) is 0 Å². The lowest BCUT2D eigenvalue weighted by atomic mass is 9.69. The molecule has 0 aromatic heterocycles. The van der Waals surface area contributed by atoms with Gasteiger partial charge in [-0.2, -0.15) is 0 Å². The largest absolute Gasteiger partial charge is 0.460 e. The minimum Gasteiger partial charge on any atom is -0.460 e. The molecule has 1 saturated heterocycles. The fourth-order valence-corrected chi connectivity index (χ4v) is 4.73. The van der Waals surface area contributed by atoms with Gasteiger partial charge in [-0.15, -0.1) is 0 Å². The van der Waals surface area contributed by atoms with E-state index in [2.05, 4.69) is 36.2 Å². The molecule has 0 radical (unpaired) electrons. The van der Waals surface area contributed by atoms with Crippen LogP contribution in [-0.2, 0) is 25.5 Å². The summed E-state index contributed by atoms with van der Waals surface area (Å²) in [6.07, 6.45) is 5.03. The average molecular weight is 395 g/mol. The summed E-state index contributed by atoms with van der Waals surface area (Å²) < 4.78 is 11.2. The van der Waals surface area contributed by atoms with Crippen LogP contribution in [0.3, 0.4) is 0 Å². The van der Waals surface area contributed by atoms with Gasteiger partial charge in [0, 0.05) is 30.4 Å². The van der Waals surface area contributed by atoms with Crippen LogP contribution < -0.4 is 0 Å². The number of benzene rings is 1. The molecular formula is C24H29NO4. The Morgan fingerprint density at radius 3 is 2.66 bits per heavy atom. The van der Waals surface area contributed by atoms with Gasteiger partial charge >= 0.3 is 5.97 Å². The van der Waals surface area contributed by atoms with Crippen LogP contribution in [0.4, 0.5) is 0 Å². The van der Waals surface area contributed by atoms with Crippen molar-refractivity contribution in [3.63, 3.8) is 0 Å². The summed E-state index contributed by atoms with van der Waals surface area (Å²) in [7, 11) is 0. The number of ether oxygens (including phenoxy) is 2. The lowest BCUT2D eigenvalue weighted by molar-refractivity contribution is -0.142. The number of hydrogen-bond donors (Lipinski definition) is 0. The second kappa shape index (κ2) is 8.62. The molecule has 1 unspecified atom stereocenters. The second-order valence-electron chi connectivity index (χ2n) is 8.21. The van der Waals surface area contributed by atoms with Crippen molar-refractivity contribution in [3.8, 4) is 0 Å². The second-order valence-corrected chi connectivity index (χ2v) is 8.21. The SMILES string of the molecule is CCc1ccc([C@H]2C(C(=O)OC[C@@H]3CCCO3)=C(C)N=C3CCCC(=O)C32)cc1. The zero-order chi connectivity index (χ0) is 20.4. The van der Waals surface area contributed by atoms with E-state index in [1.807, 2.05) is 6.92 Å². The highest BCUT2D eigenvalue weighted by Crippen LogP contribution is 2.43. The number of rotatable bonds is 5. The highest BCUT2D eigenvalue weighted by molar-refractivity contribution is 6.11. The summed E-state index contributed by atoms with van der Waals surface area (Å²) in [5.74, 6) is -0.872. The Morgan fingerprint density at radius 1 is 1.17 bits per heavy atom. The number of nitrogens with zero attached hydrogens (tertiary/aromatic N) is 1. The number of fused-ring (bicyclic) bond motifs is 1. The molecule has 0 bridgehead atoms. The standard InChI is InChI=1S/C24H29NO4/c1-3-16-9-11-17(12-10-16)22-21(24(27)29-14-18-6-5-13-28-18)15(2)25-19-7-4-8-20(26)23(19)22/h9-12,18,22-23H,3-8,13-14H2,1-2H3/t18-,22-,23?/m0/s1. The molecule has 2 aliphatic heterocycles. The first-order valence-electron chi connectivity index (χ1n) is 10.8. The van der Waals surface area contributed by atoms with E-state index in [0.29, 0.717) is 17.7 Å². The van der Waals surface area contributed by atoms with E-state index < -0.39 is 0 Å². The van der Waals surface area contributed by atoms with E-state index >= 15 is 0 Å². The van der Waals surface area contributed by atoms with Crippen LogP contribution in [0, 0.1) is 5.92 Å². The molecule has 1 aromatic carbocycles. The number of allylic oxidation sites excluding steroid dienone is 1. The highest BCUT2D eigenvalue weighted by atomic mass is 16.6. The topological polar surface area (TPSA) is 65.0 Å². The third-order valence-electron chi connectivity index (χ3n) is 6.30. The summed E-state index contributed by atoms with van der Waals surface area (Å²) in [5, 5.41) is 0. The van der Waals surface area contributed by atoms with Crippen LogP contribution in [-0.4, -0.2) is 36.8 Å². The van der Waals surface area contributed by atoms with Gasteiger partial charge in [0.05, 0.1) is 17.6 Å². The maximum Gasteiger partial charge on any atom is 0.336 e. The number of aryl methyl sites for hydroxylation is 1. The predicted molar refractivity (Wildman–Crippen MR) is 111 cm³/mol. The molecule has 1 aliphatic carbocycles. The quantitative estimate of drug-likeness (QED) is 0.703. The molecule has 0 amide bonds.